The van der Waals surface area contributed by atoms with Crippen LogP contribution in [0, 0.1) is 0 Å². The number of amides is 2. The lowest BCUT2D eigenvalue weighted by Gasteiger charge is -2.35. The van der Waals surface area contributed by atoms with Gasteiger partial charge in [0, 0.05) is 37.5 Å². The third-order valence-corrected chi connectivity index (χ3v) is 4.69. The van der Waals surface area contributed by atoms with Crippen molar-refractivity contribution in [3.63, 3.8) is 0 Å². The maximum Gasteiger partial charge on any atom is 0.262 e. The molecule has 26 heavy (non-hydrogen) atoms. The van der Waals surface area contributed by atoms with Crippen molar-refractivity contribution in [2.75, 3.05) is 19.0 Å². The van der Waals surface area contributed by atoms with Gasteiger partial charge in [0.1, 0.15) is 11.5 Å². The molecule has 0 saturated carbocycles. The molecule has 0 aromatic heterocycles. The lowest BCUT2D eigenvalue weighted by atomic mass is 9.93. The predicted octanol–water partition coefficient (Wildman–Crippen LogP) is 2.78. The number of fused-ring (bicyclic) bond motifs is 1. The number of nitrogens with zero attached hydrogens (tertiary/aromatic N) is 2. The average Bonchev–Trinajstić information content (AvgIpc) is 2.60. The molecule has 1 heterocycles. The molecule has 2 N–H and O–H groups in total. The Morgan fingerprint density at radius 2 is 1.85 bits per heavy atom. The van der Waals surface area contributed by atoms with Crippen LogP contribution in [0.4, 0.5) is 5.69 Å². The molecule has 0 bridgehead atoms. The van der Waals surface area contributed by atoms with Crippen molar-refractivity contribution in [3.8, 4) is 11.5 Å². The first-order valence-electron chi connectivity index (χ1n) is 8.49. The van der Waals surface area contributed by atoms with Gasteiger partial charge in [-0.1, -0.05) is 0 Å². The fourth-order valence-corrected chi connectivity index (χ4v) is 3.28. The second kappa shape index (κ2) is 6.71. The molecule has 2 aromatic rings. The molecule has 1 aliphatic rings. The zero-order valence-corrected chi connectivity index (χ0v) is 15.1. The maximum absolute atomic E-state index is 13.0. The molecule has 0 unspecified atom stereocenters. The first-order chi connectivity index (χ1) is 12.3. The standard InChI is InChI=1S/C20H22N2O4/c1-12-4-5-13-10-14(19(25)21(2)3)6-9-17(13)22(12)20(26)16-8-7-15(23)11-18(16)24/h6-12,23-24H,4-5H2,1-3H3/t12-/m0/s1. The molecule has 0 spiro atoms. The van der Waals surface area contributed by atoms with E-state index in [1.54, 1.807) is 31.1 Å². The van der Waals surface area contributed by atoms with Gasteiger partial charge in [-0.05, 0) is 55.7 Å². The largest absolute Gasteiger partial charge is 0.508 e. The second-order valence-electron chi connectivity index (χ2n) is 6.81. The summed E-state index contributed by atoms with van der Waals surface area (Å²) >= 11 is 0. The van der Waals surface area contributed by atoms with Crippen LogP contribution in [0.2, 0.25) is 0 Å². The van der Waals surface area contributed by atoms with Gasteiger partial charge in [-0.2, -0.15) is 0 Å². The Bertz CT molecular complexity index is 876. The summed E-state index contributed by atoms with van der Waals surface area (Å²) in [6, 6.07) is 9.24. The summed E-state index contributed by atoms with van der Waals surface area (Å²) < 4.78 is 0. The van der Waals surface area contributed by atoms with Gasteiger partial charge < -0.3 is 20.0 Å². The second-order valence-corrected chi connectivity index (χ2v) is 6.81. The van der Waals surface area contributed by atoms with Crippen molar-refractivity contribution >= 4 is 17.5 Å². The molecule has 6 nitrogen and oxygen atoms in total. The lowest BCUT2D eigenvalue weighted by Crippen LogP contribution is -2.42. The Kier molecular flexibility index (Phi) is 4.59. The maximum atomic E-state index is 13.0. The van der Waals surface area contributed by atoms with Gasteiger partial charge in [0.15, 0.2) is 0 Å². The molecule has 0 saturated heterocycles. The summed E-state index contributed by atoms with van der Waals surface area (Å²) in [5.74, 6) is -0.769. The topological polar surface area (TPSA) is 81.1 Å². The first-order valence-corrected chi connectivity index (χ1v) is 8.49. The number of hydrogen-bond donors (Lipinski definition) is 2. The number of aromatic hydroxyl groups is 2. The van der Waals surface area contributed by atoms with Crippen molar-refractivity contribution in [1.29, 1.82) is 0 Å². The fraction of sp³-hybridized carbons (Fsp3) is 0.300. The van der Waals surface area contributed by atoms with Gasteiger partial charge in [-0.15, -0.1) is 0 Å². The van der Waals surface area contributed by atoms with Gasteiger partial charge in [0.05, 0.1) is 5.56 Å². The van der Waals surface area contributed by atoms with Crippen LogP contribution in [0.3, 0.4) is 0 Å². The molecular formula is C20H22N2O4. The summed E-state index contributed by atoms with van der Waals surface area (Å²) in [5, 5.41) is 19.5. The van der Waals surface area contributed by atoms with E-state index in [9.17, 15) is 19.8 Å². The van der Waals surface area contributed by atoms with Gasteiger partial charge >= 0.3 is 0 Å². The SMILES string of the molecule is C[C@H]1CCc2cc(C(=O)N(C)C)ccc2N1C(=O)c1ccc(O)cc1O. The Morgan fingerprint density at radius 1 is 1.12 bits per heavy atom. The average molecular weight is 354 g/mol. The van der Waals surface area contributed by atoms with Crippen molar-refractivity contribution in [1.82, 2.24) is 4.90 Å². The highest BCUT2D eigenvalue weighted by atomic mass is 16.3. The van der Waals surface area contributed by atoms with Crippen LogP contribution in [-0.2, 0) is 6.42 Å². The molecule has 2 amide bonds. The first kappa shape index (κ1) is 17.8. The zero-order chi connectivity index (χ0) is 19.0. The number of aryl methyl sites for hydroxylation is 1. The highest BCUT2D eigenvalue weighted by Crippen LogP contribution is 2.34. The summed E-state index contributed by atoms with van der Waals surface area (Å²) in [4.78, 5) is 28.4. The Morgan fingerprint density at radius 3 is 2.50 bits per heavy atom. The predicted molar refractivity (Wildman–Crippen MR) is 98.8 cm³/mol. The van der Waals surface area contributed by atoms with Crippen LogP contribution in [0.15, 0.2) is 36.4 Å². The molecule has 0 radical (unpaired) electrons. The molecule has 0 fully saturated rings. The van der Waals surface area contributed by atoms with Crippen molar-refractivity contribution in [2.45, 2.75) is 25.8 Å². The summed E-state index contributed by atoms with van der Waals surface area (Å²) in [5.41, 5.74) is 2.40. The van der Waals surface area contributed by atoms with Gasteiger partial charge in [-0.25, -0.2) is 0 Å². The minimum Gasteiger partial charge on any atom is -0.508 e. The van der Waals surface area contributed by atoms with Crippen LogP contribution in [0.25, 0.3) is 0 Å². The highest BCUT2D eigenvalue weighted by molar-refractivity contribution is 6.09. The van der Waals surface area contributed by atoms with Crippen molar-refractivity contribution in [2.24, 2.45) is 0 Å². The van der Waals surface area contributed by atoms with E-state index < -0.39 is 0 Å². The molecule has 1 aliphatic heterocycles. The summed E-state index contributed by atoms with van der Waals surface area (Å²) in [6.45, 7) is 1.96. The van der Waals surface area contributed by atoms with E-state index in [-0.39, 0.29) is 34.9 Å². The van der Waals surface area contributed by atoms with E-state index in [1.807, 2.05) is 13.0 Å². The molecular weight excluding hydrogens is 332 g/mol. The molecule has 0 aliphatic carbocycles. The summed E-state index contributed by atoms with van der Waals surface area (Å²) in [6.07, 6.45) is 1.54. The molecule has 6 heteroatoms. The number of phenols is 2. The normalized spacial score (nSPS) is 16.1. The Labute approximate surface area is 152 Å². The van der Waals surface area contributed by atoms with E-state index in [0.717, 1.165) is 30.2 Å². The molecule has 136 valence electrons. The van der Waals surface area contributed by atoms with E-state index in [2.05, 4.69) is 0 Å². The molecule has 2 aromatic carbocycles. The Hall–Kier alpha value is -3.02. The number of phenolic OH excluding ortho intramolecular Hbond substituents is 2. The van der Waals surface area contributed by atoms with E-state index in [4.69, 9.17) is 0 Å². The van der Waals surface area contributed by atoms with E-state index in [1.165, 1.54) is 17.0 Å². The molecule has 3 rings (SSSR count). The monoisotopic (exact) mass is 354 g/mol. The minimum absolute atomic E-state index is 0.0430. The zero-order valence-electron chi connectivity index (χ0n) is 15.1. The van der Waals surface area contributed by atoms with Crippen LogP contribution >= 0.6 is 0 Å². The van der Waals surface area contributed by atoms with Crippen molar-refractivity contribution < 1.29 is 19.8 Å². The van der Waals surface area contributed by atoms with Crippen LogP contribution in [-0.4, -0.2) is 47.1 Å². The highest BCUT2D eigenvalue weighted by Gasteiger charge is 2.31. The van der Waals surface area contributed by atoms with E-state index in [0.29, 0.717) is 5.56 Å². The number of benzene rings is 2. The van der Waals surface area contributed by atoms with Gasteiger partial charge in [0.25, 0.3) is 11.8 Å². The summed E-state index contributed by atoms with van der Waals surface area (Å²) in [7, 11) is 3.40. The third kappa shape index (κ3) is 3.10. The number of hydrogen-bond acceptors (Lipinski definition) is 4. The lowest BCUT2D eigenvalue weighted by molar-refractivity contribution is 0.0827. The number of carbonyl (C=O) groups is 2. The number of anilines is 1. The van der Waals surface area contributed by atoms with Gasteiger partial charge in [0.2, 0.25) is 0 Å². The van der Waals surface area contributed by atoms with Crippen LogP contribution in [0.5, 0.6) is 11.5 Å². The smallest absolute Gasteiger partial charge is 0.262 e. The van der Waals surface area contributed by atoms with Gasteiger partial charge in [-0.3, -0.25) is 9.59 Å². The number of carbonyl (C=O) groups excluding carboxylic acids is 2. The van der Waals surface area contributed by atoms with Crippen LogP contribution in [0.1, 0.15) is 39.6 Å². The quantitative estimate of drug-likeness (QED) is 0.869. The van der Waals surface area contributed by atoms with Crippen LogP contribution < -0.4 is 4.90 Å². The van der Waals surface area contributed by atoms with Crippen molar-refractivity contribution in [3.05, 3.63) is 53.1 Å². The third-order valence-electron chi connectivity index (χ3n) is 4.69. The number of rotatable bonds is 2. The Balaban J connectivity index is 2.01. The fourth-order valence-electron chi connectivity index (χ4n) is 3.28. The van der Waals surface area contributed by atoms with E-state index >= 15 is 0 Å². The molecule has 1 atom stereocenters. The minimum atomic E-state index is -0.331.